The summed E-state index contributed by atoms with van der Waals surface area (Å²) in [6.45, 7) is 0.622. The monoisotopic (exact) mass is 418 g/mol. The van der Waals surface area contributed by atoms with Gasteiger partial charge in [-0.05, 0) is 17.7 Å². The summed E-state index contributed by atoms with van der Waals surface area (Å²) in [7, 11) is 0. The van der Waals surface area contributed by atoms with Crippen LogP contribution in [0.1, 0.15) is 17.2 Å². The Morgan fingerprint density at radius 1 is 1.00 bits per heavy atom. The van der Waals surface area contributed by atoms with Crippen LogP contribution in [-0.2, 0) is 6.18 Å². The molecule has 1 aliphatic rings. The molecule has 140 valence electrons. The third-order valence-corrected chi connectivity index (χ3v) is 3.68. The van der Waals surface area contributed by atoms with Gasteiger partial charge in [0.25, 0.3) is 0 Å². The molecule has 1 heterocycles. The maximum atomic E-state index is 13.4. The van der Waals surface area contributed by atoms with Gasteiger partial charge in [0.1, 0.15) is 6.04 Å². The van der Waals surface area contributed by atoms with Crippen molar-refractivity contribution in [2.24, 2.45) is 0 Å². The van der Waals surface area contributed by atoms with E-state index in [4.69, 9.17) is 11.6 Å². The summed E-state index contributed by atoms with van der Waals surface area (Å²) >= 11 is 5.52. The van der Waals surface area contributed by atoms with Crippen molar-refractivity contribution < 1.29 is 26.3 Å². The van der Waals surface area contributed by atoms with E-state index in [-0.39, 0.29) is 42.9 Å². The molecule has 0 amide bonds. The molecule has 2 nitrogen and oxygen atoms in total. The zero-order valence-electron chi connectivity index (χ0n) is 12.0. The van der Waals surface area contributed by atoms with E-state index in [1.807, 2.05) is 0 Å². The fourth-order valence-corrected chi connectivity index (χ4v) is 2.70. The number of piperazine rings is 1. The van der Waals surface area contributed by atoms with Gasteiger partial charge >= 0.3 is 12.4 Å². The number of nitrogens with zero attached hydrogens (tertiary/aromatic N) is 1. The topological polar surface area (TPSA) is 15.3 Å². The zero-order valence-corrected chi connectivity index (χ0v) is 14.4. The lowest BCUT2D eigenvalue weighted by molar-refractivity contribution is -0.190. The van der Waals surface area contributed by atoms with Crippen LogP contribution in [-0.4, -0.2) is 37.3 Å². The normalized spacial score (nSPS) is 17.6. The predicted octanol–water partition coefficient (Wildman–Crippen LogP) is 4.71. The first-order valence-corrected chi connectivity index (χ1v) is 6.86. The highest BCUT2D eigenvalue weighted by molar-refractivity contribution is 6.30. The molecule has 0 aliphatic carbocycles. The molecule has 11 heteroatoms. The number of benzene rings is 1. The van der Waals surface area contributed by atoms with Crippen LogP contribution in [0.4, 0.5) is 26.3 Å². The SMILES string of the molecule is Cl.Cl.FC(F)(F)c1cc(Cl)ccc1[C@H](N1CCNCC1)C(F)(F)F. The molecule has 1 aromatic carbocycles. The molecule has 2 rings (SSSR count). The van der Waals surface area contributed by atoms with Gasteiger partial charge in [-0.2, -0.15) is 26.3 Å². The molecule has 1 N–H and O–H groups in total. The third-order valence-electron chi connectivity index (χ3n) is 3.44. The van der Waals surface area contributed by atoms with E-state index in [9.17, 15) is 26.3 Å². The maximum absolute atomic E-state index is 13.4. The Morgan fingerprint density at radius 2 is 1.54 bits per heavy atom. The molecule has 1 fully saturated rings. The Morgan fingerprint density at radius 3 is 2.00 bits per heavy atom. The minimum Gasteiger partial charge on any atom is -0.314 e. The van der Waals surface area contributed by atoms with Gasteiger partial charge in [-0.15, -0.1) is 24.8 Å². The van der Waals surface area contributed by atoms with Crippen LogP contribution in [0.25, 0.3) is 0 Å². The van der Waals surface area contributed by atoms with E-state index < -0.39 is 29.5 Å². The van der Waals surface area contributed by atoms with Crippen LogP contribution in [0.3, 0.4) is 0 Å². The first-order valence-electron chi connectivity index (χ1n) is 6.49. The van der Waals surface area contributed by atoms with Crippen LogP contribution in [0.15, 0.2) is 18.2 Å². The van der Waals surface area contributed by atoms with E-state index in [1.54, 1.807) is 0 Å². The van der Waals surface area contributed by atoms with Crippen molar-refractivity contribution in [2.75, 3.05) is 26.2 Å². The molecular weight excluding hydrogens is 405 g/mol. The lowest BCUT2D eigenvalue weighted by Crippen LogP contribution is -2.49. The molecule has 0 spiro atoms. The number of nitrogens with one attached hydrogen (secondary N) is 1. The Bertz CT molecular complexity index is 529. The van der Waals surface area contributed by atoms with E-state index >= 15 is 0 Å². The third kappa shape index (κ3) is 5.56. The number of halogens is 9. The number of hydrogen-bond acceptors (Lipinski definition) is 2. The van der Waals surface area contributed by atoms with E-state index in [0.29, 0.717) is 19.2 Å². The lowest BCUT2D eigenvalue weighted by Gasteiger charge is -2.37. The van der Waals surface area contributed by atoms with Gasteiger partial charge in [-0.1, -0.05) is 17.7 Å². The van der Waals surface area contributed by atoms with Crippen molar-refractivity contribution in [1.82, 2.24) is 10.2 Å². The minimum atomic E-state index is -4.90. The summed E-state index contributed by atoms with van der Waals surface area (Å²) in [4.78, 5) is 1.01. The molecule has 1 aliphatic heterocycles. The smallest absolute Gasteiger partial charge is 0.314 e. The van der Waals surface area contributed by atoms with Crippen molar-refractivity contribution in [3.05, 3.63) is 34.3 Å². The molecule has 0 aromatic heterocycles. The summed E-state index contributed by atoms with van der Waals surface area (Å²) in [5, 5.41) is 2.62. The van der Waals surface area contributed by atoms with Gasteiger partial charge in [0.2, 0.25) is 0 Å². The molecule has 0 saturated carbocycles. The Kier molecular flexibility index (Phi) is 8.65. The standard InChI is InChI=1S/C13H13ClF6N2.2ClH/c14-8-1-2-9(10(7-8)12(15,16)17)11(13(18,19)20)22-5-3-21-4-6-22;;/h1-2,7,11,21H,3-6H2;2*1H/t11-;;/m0../s1. The maximum Gasteiger partial charge on any atom is 0.416 e. The Labute approximate surface area is 152 Å². The molecule has 1 atom stereocenters. The summed E-state index contributed by atoms with van der Waals surface area (Å²) in [5.41, 5.74) is -2.16. The predicted molar refractivity (Wildman–Crippen MR) is 84.2 cm³/mol. The number of rotatable bonds is 2. The van der Waals surface area contributed by atoms with Crippen molar-refractivity contribution in [2.45, 2.75) is 18.4 Å². The lowest BCUT2D eigenvalue weighted by atomic mass is 9.97. The van der Waals surface area contributed by atoms with Gasteiger partial charge in [0, 0.05) is 31.2 Å². The molecule has 24 heavy (non-hydrogen) atoms. The summed E-state index contributed by atoms with van der Waals surface area (Å²) in [6.07, 6.45) is -9.72. The molecule has 1 aromatic rings. The van der Waals surface area contributed by atoms with Crippen molar-refractivity contribution in [3.63, 3.8) is 0 Å². The zero-order chi connectivity index (χ0) is 16.5. The highest BCUT2D eigenvalue weighted by Crippen LogP contribution is 2.44. The van der Waals surface area contributed by atoms with Gasteiger partial charge in [-0.3, -0.25) is 4.90 Å². The van der Waals surface area contributed by atoms with Crippen LogP contribution >= 0.6 is 36.4 Å². The molecular formula is C13H15Cl3F6N2. The molecule has 0 unspecified atom stereocenters. The summed E-state index contributed by atoms with van der Waals surface area (Å²) in [6, 6.07) is 0.0967. The minimum absolute atomic E-state index is 0. The fourth-order valence-electron chi connectivity index (χ4n) is 2.53. The van der Waals surface area contributed by atoms with Crippen LogP contribution < -0.4 is 5.32 Å². The van der Waals surface area contributed by atoms with E-state index in [1.165, 1.54) is 0 Å². The number of hydrogen-bond donors (Lipinski definition) is 1. The fraction of sp³-hybridized carbons (Fsp3) is 0.538. The van der Waals surface area contributed by atoms with Crippen LogP contribution in [0.5, 0.6) is 0 Å². The largest absolute Gasteiger partial charge is 0.416 e. The second-order valence-electron chi connectivity index (χ2n) is 4.96. The number of alkyl halides is 6. The first kappa shape index (κ1) is 23.6. The van der Waals surface area contributed by atoms with E-state index in [0.717, 1.165) is 17.0 Å². The second-order valence-corrected chi connectivity index (χ2v) is 5.40. The highest BCUT2D eigenvalue weighted by atomic mass is 35.5. The Hall–Kier alpha value is -0.410. The molecule has 0 bridgehead atoms. The first-order chi connectivity index (χ1) is 10.1. The van der Waals surface area contributed by atoms with Gasteiger partial charge in [-0.25, -0.2) is 0 Å². The van der Waals surface area contributed by atoms with E-state index in [2.05, 4.69) is 5.32 Å². The molecule has 1 saturated heterocycles. The second kappa shape index (κ2) is 8.80. The quantitative estimate of drug-likeness (QED) is 0.699. The van der Waals surface area contributed by atoms with Crippen molar-refractivity contribution in [1.29, 1.82) is 0 Å². The van der Waals surface area contributed by atoms with Crippen molar-refractivity contribution in [3.8, 4) is 0 Å². The van der Waals surface area contributed by atoms with Gasteiger partial charge < -0.3 is 5.32 Å². The average Bonchev–Trinajstić information content (AvgIpc) is 2.39. The average molecular weight is 420 g/mol. The Balaban J connectivity index is 0.00000264. The highest BCUT2D eigenvalue weighted by Gasteiger charge is 2.48. The van der Waals surface area contributed by atoms with Crippen LogP contribution in [0.2, 0.25) is 5.02 Å². The molecule has 0 radical (unpaired) electrons. The summed E-state index contributed by atoms with van der Waals surface area (Å²) in [5.74, 6) is 0. The van der Waals surface area contributed by atoms with Crippen LogP contribution in [0, 0.1) is 0 Å². The van der Waals surface area contributed by atoms with Crippen molar-refractivity contribution >= 4 is 36.4 Å². The van der Waals surface area contributed by atoms with Gasteiger partial charge in [0.05, 0.1) is 5.56 Å². The summed E-state index contributed by atoms with van der Waals surface area (Å²) < 4.78 is 79.5. The van der Waals surface area contributed by atoms with Gasteiger partial charge in [0.15, 0.2) is 0 Å².